The second kappa shape index (κ2) is 7.16. The molecular weight excluding hydrogens is 310 g/mol. The molecule has 0 saturated heterocycles. The van der Waals surface area contributed by atoms with Crippen molar-refractivity contribution in [3.63, 3.8) is 0 Å². The van der Waals surface area contributed by atoms with Crippen molar-refractivity contribution in [2.75, 3.05) is 11.5 Å². The molecule has 0 fully saturated rings. The van der Waals surface area contributed by atoms with E-state index >= 15 is 0 Å². The maximum absolute atomic E-state index is 11.3. The zero-order chi connectivity index (χ0) is 16.0. The number of rotatable bonds is 9. The number of carbonyl (C=O) groups is 1. The van der Waals surface area contributed by atoms with Gasteiger partial charge in [0.1, 0.15) is 0 Å². The molecule has 0 aromatic heterocycles. The van der Waals surface area contributed by atoms with Crippen molar-refractivity contribution in [2.24, 2.45) is 0 Å². The standard InChI is InChI=1S/C10H19NO7S2/c1-3-9(12)11-10(2,8-20(16,17)18)6-4-5-7-19(13,14)15/h3H,1,4-8H2,2H3,(H,11,12)(H,13,14,15)(H,16,17,18). The van der Waals surface area contributed by atoms with E-state index in [9.17, 15) is 21.6 Å². The molecule has 8 nitrogen and oxygen atoms in total. The van der Waals surface area contributed by atoms with Gasteiger partial charge in [-0.25, -0.2) is 0 Å². The predicted octanol–water partition coefficient (Wildman–Crippen LogP) is -0.00680. The van der Waals surface area contributed by atoms with E-state index in [4.69, 9.17) is 9.11 Å². The first-order valence-corrected chi connectivity index (χ1v) is 8.94. The largest absolute Gasteiger partial charge is 0.346 e. The average molecular weight is 329 g/mol. The van der Waals surface area contributed by atoms with Gasteiger partial charge in [0.25, 0.3) is 20.2 Å². The van der Waals surface area contributed by atoms with Crippen LogP contribution in [0.4, 0.5) is 0 Å². The number of hydrogen-bond donors (Lipinski definition) is 3. The molecule has 118 valence electrons. The molecule has 0 aromatic rings. The van der Waals surface area contributed by atoms with Crippen LogP contribution >= 0.6 is 0 Å². The minimum Gasteiger partial charge on any atom is -0.346 e. The van der Waals surface area contributed by atoms with E-state index in [1.165, 1.54) is 6.92 Å². The molecule has 20 heavy (non-hydrogen) atoms. The fourth-order valence-electron chi connectivity index (χ4n) is 1.72. The molecule has 3 N–H and O–H groups in total. The van der Waals surface area contributed by atoms with Crippen LogP contribution in [0, 0.1) is 0 Å². The third-order valence-electron chi connectivity index (χ3n) is 2.49. The zero-order valence-corrected chi connectivity index (χ0v) is 12.7. The molecule has 0 aliphatic rings. The van der Waals surface area contributed by atoms with Crippen LogP contribution in [-0.4, -0.2) is 48.9 Å². The summed E-state index contributed by atoms with van der Waals surface area (Å²) >= 11 is 0. The highest BCUT2D eigenvalue weighted by Crippen LogP contribution is 2.17. The van der Waals surface area contributed by atoms with Gasteiger partial charge in [0, 0.05) is 0 Å². The molecule has 0 saturated carbocycles. The van der Waals surface area contributed by atoms with E-state index in [1.807, 2.05) is 0 Å². The summed E-state index contributed by atoms with van der Waals surface area (Å²) in [6.07, 6.45) is 1.41. The molecule has 0 heterocycles. The van der Waals surface area contributed by atoms with Crippen molar-refractivity contribution in [3.05, 3.63) is 12.7 Å². The number of nitrogens with one attached hydrogen (secondary N) is 1. The van der Waals surface area contributed by atoms with Crippen LogP contribution in [0.1, 0.15) is 26.2 Å². The van der Waals surface area contributed by atoms with Crippen LogP contribution in [0.5, 0.6) is 0 Å². The second-order valence-electron chi connectivity index (χ2n) is 4.72. The van der Waals surface area contributed by atoms with E-state index < -0.39 is 43.2 Å². The Kier molecular flexibility index (Phi) is 6.81. The van der Waals surface area contributed by atoms with Crippen molar-refractivity contribution in [2.45, 2.75) is 31.7 Å². The lowest BCUT2D eigenvalue weighted by Gasteiger charge is -2.29. The van der Waals surface area contributed by atoms with Crippen LogP contribution in [0.2, 0.25) is 0 Å². The molecule has 10 heteroatoms. The summed E-state index contributed by atoms with van der Waals surface area (Å²) in [7, 11) is -8.39. The first-order chi connectivity index (χ1) is 8.87. The van der Waals surface area contributed by atoms with Crippen LogP contribution < -0.4 is 5.32 Å². The van der Waals surface area contributed by atoms with Gasteiger partial charge in [0.2, 0.25) is 5.91 Å². The molecule has 0 aliphatic heterocycles. The second-order valence-corrected chi connectivity index (χ2v) is 7.75. The van der Waals surface area contributed by atoms with Crippen molar-refractivity contribution in [1.29, 1.82) is 0 Å². The summed E-state index contributed by atoms with van der Waals surface area (Å²) in [6.45, 7) is 4.65. The van der Waals surface area contributed by atoms with E-state index in [0.29, 0.717) is 0 Å². The third kappa shape index (κ3) is 9.89. The Hall–Kier alpha value is -0.970. The lowest BCUT2D eigenvalue weighted by atomic mass is 9.97. The van der Waals surface area contributed by atoms with Crippen LogP contribution in [-0.2, 0) is 25.0 Å². The van der Waals surface area contributed by atoms with Gasteiger partial charge in [0.15, 0.2) is 0 Å². The van der Waals surface area contributed by atoms with Gasteiger partial charge in [-0.05, 0) is 32.3 Å². The van der Waals surface area contributed by atoms with Crippen LogP contribution in [0.25, 0.3) is 0 Å². The van der Waals surface area contributed by atoms with E-state index in [0.717, 1.165) is 6.08 Å². The van der Waals surface area contributed by atoms with Crippen molar-refractivity contribution in [3.8, 4) is 0 Å². The summed E-state index contributed by atoms with van der Waals surface area (Å²) in [6, 6.07) is 0. The maximum atomic E-state index is 11.3. The van der Waals surface area contributed by atoms with Crippen molar-refractivity contribution in [1.82, 2.24) is 5.32 Å². The molecule has 0 radical (unpaired) electrons. The Labute approximate surface area is 118 Å². The molecule has 0 bridgehead atoms. The molecule has 0 spiro atoms. The van der Waals surface area contributed by atoms with Gasteiger partial charge in [-0.2, -0.15) is 16.8 Å². The maximum Gasteiger partial charge on any atom is 0.267 e. The summed E-state index contributed by atoms with van der Waals surface area (Å²) in [5.41, 5.74) is -1.25. The predicted molar refractivity (Wildman–Crippen MR) is 73.4 cm³/mol. The van der Waals surface area contributed by atoms with Gasteiger partial charge < -0.3 is 5.32 Å². The number of carbonyl (C=O) groups excluding carboxylic acids is 1. The smallest absolute Gasteiger partial charge is 0.267 e. The number of hydrogen-bond acceptors (Lipinski definition) is 5. The van der Waals surface area contributed by atoms with Crippen molar-refractivity contribution < 1.29 is 30.7 Å². The highest BCUT2D eigenvalue weighted by atomic mass is 32.2. The van der Waals surface area contributed by atoms with Gasteiger partial charge in [-0.3, -0.25) is 13.9 Å². The summed E-state index contributed by atoms with van der Waals surface area (Å²) in [5.74, 6) is -1.76. The lowest BCUT2D eigenvalue weighted by Crippen LogP contribution is -2.50. The molecule has 1 unspecified atom stereocenters. The summed E-state index contributed by atoms with van der Waals surface area (Å²) < 4.78 is 60.4. The zero-order valence-electron chi connectivity index (χ0n) is 11.1. The Morgan fingerprint density at radius 1 is 1.20 bits per heavy atom. The number of unbranched alkanes of at least 4 members (excludes halogenated alkanes) is 1. The van der Waals surface area contributed by atoms with Crippen LogP contribution in [0.3, 0.4) is 0 Å². The third-order valence-corrected chi connectivity index (χ3v) is 4.30. The topological polar surface area (TPSA) is 138 Å². The first-order valence-electron chi connectivity index (χ1n) is 5.72. The minimum atomic E-state index is -4.32. The fourth-order valence-corrected chi connectivity index (χ4v) is 3.31. The Bertz CT molecular complexity index is 552. The van der Waals surface area contributed by atoms with Crippen molar-refractivity contribution >= 4 is 26.1 Å². The fraction of sp³-hybridized carbons (Fsp3) is 0.700. The molecule has 1 atom stereocenters. The highest BCUT2D eigenvalue weighted by molar-refractivity contribution is 7.86. The minimum absolute atomic E-state index is 0.101. The molecule has 1 amide bonds. The van der Waals surface area contributed by atoms with Gasteiger partial charge in [-0.15, -0.1) is 0 Å². The number of amides is 1. The Morgan fingerprint density at radius 2 is 1.75 bits per heavy atom. The SMILES string of the molecule is C=CC(=O)NC(C)(CCCCS(=O)(=O)O)CS(=O)(=O)O. The first kappa shape index (κ1) is 19.0. The summed E-state index contributed by atoms with van der Waals surface area (Å²) in [4.78, 5) is 11.3. The molecular formula is C10H19NO7S2. The molecule has 0 aromatic carbocycles. The monoisotopic (exact) mass is 329 g/mol. The normalized spacial score (nSPS) is 15.3. The molecule has 0 rings (SSSR count). The summed E-state index contributed by atoms with van der Waals surface area (Å²) in [5, 5.41) is 2.39. The van der Waals surface area contributed by atoms with Gasteiger partial charge in [0.05, 0.1) is 17.0 Å². The lowest BCUT2D eigenvalue weighted by molar-refractivity contribution is -0.118. The van der Waals surface area contributed by atoms with Gasteiger partial charge >= 0.3 is 0 Å². The van der Waals surface area contributed by atoms with Gasteiger partial charge in [-0.1, -0.05) is 6.58 Å². The van der Waals surface area contributed by atoms with E-state index in [1.54, 1.807) is 0 Å². The molecule has 0 aliphatic carbocycles. The Balaban J connectivity index is 4.69. The average Bonchev–Trinajstić information content (AvgIpc) is 2.20. The van der Waals surface area contributed by atoms with E-state index in [-0.39, 0.29) is 19.3 Å². The van der Waals surface area contributed by atoms with E-state index in [2.05, 4.69) is 11.9 Å². The quantitative estimate of drug-likeness (QED) is 0.307. The Morgan fingerprint density at radius 3 is 2.15 bits per heavy atom. The highest BCUT2D eigenvalue weighted by Gasteiger charge is 2.30. The van der Waals surface area contributed by atoms with Crippen LogP contribution in [0.15, 0.2) is 12.7 Å².